The predicted molar refractivity (Wildman–Crippen MR) is 128 cm³/mol. The third-order valence-electron chi connectivity index (χ3n) is 4.68. The largest absolute Gasteiger partial charge is 0.496 e. The summed E-state index contributed by atoms with van der Waals surface area (Å²) in [6, 6.07) is 18.5. The molecule has 0 saturated carbocycles. The van der Waals surface area contributed by atoms with E-state index in [4.69, 9.17) is 9.26 Å². The normalized spacial score (nSPS) is 11.2. The molecule has 0 aliphatic heterocycles. The van der Waals surface area contributed by atoms with Crippen LogP contribution in [-0.4, -0.2) is 22.5 Å². The van der Waals surface area contributed by atoms with Gasteiger partial charge >= 0.3 is 0 Å². The number of hydrogen-bond acceptors (Lipinski definition) is 8. The van der Waals surface area contributed by atoms with E-state index in [1.165, 1.54) is 11.1 Å². The highest BCUT2D eigenvalue weighted by Gasteiger charge is 2.13. The first kappa shape index (κ1) is 21.9. The summed E-state index contributed by atoms with van der Waals surface area (Å²) in [6.07, 6.45) is 0. The second kappa shape index (κ2) is 10.3. The molecule has 0 aliphatic rings. The van der Waals surface area contributed by atoms with Gasteiger partial charge in [0.1, 0.15) is 17.2 Å². The first-order valence-corrected chi connectivity index (χ1v) is 12.7. The Morgan fingerprint density at radius 2 is 1.68 bits per heavy atom. The molecule has 2 aromatic heterocycles. The summed E-state index contributed by atoms with van der Waals surface area (Å²) >= 11 is 4.93. The number of nitrogens with zero attached hydrogens (tertiary/aromatic N) is 3. The molecule has 2 aromatic carbocycles. The van der Waals surface area contributed by atoms with Crippen molar-refractivity contribution in [3.8, 4) is 17.0 Å². The van der Waals surface area contributed by atoms with Gasteiger partial charge in [0.05, 0.1) is 12.9 Å². The van der Waals surface area contributed by atoms with Gasteiger partial charge in [-0.25, -0.2) is 0 Å². The van der Waals surface area contributed by atoms with Crippen molar-refractivity contribution in [2.24, 2.45) is 0 Å². The minimum absolute atomic E-state index is 0.555. The monoisotopic (exact) mass is 469 g/mol. The van der Waals surface area contributed by atoms with E-state index in [1.807, 2.05) is 30.3 Å². The smallest absolute Gasteiger partial charge is 0.175 e. The minimum atomic E-state index is 0.555. The molecular formula is C23H23N3O2S3. The van der Waals surface area contributed by atoms with Crippen LogP contribution in [0.5, 0.6) is 5.75 Å². The fraction of sp³-hybridized carbons (Fsp3) is 0.261. The van der Waals surface area contributed by atoms with Crippen LogP contribution in [0, 0.1) is 0 Å². The molecule has 8 heteroatoms. The maximum Gasteiger partial charge on any atom is 0.175 e. The molecule has 0 amide bonds. The molecule has 0 spiro atoms. The summed E-state index contributed by atoms with van der Waals surface area (Å²) in [7, 11) is 1.65. The number of para-hydroxylation sites is 1. The maximum atomic E-state index is 5.50. The van der Waals surface area contributed by atoms with Crippen molar-refractivity contribution in [3.05, 3.63) is 71.5 Å². The zero-order valence-corrected chi connectivity index (χ0v) is 20.0. The Kier molecular flexibility index (Phi) is 7.32. The number of aromatic nitrogens is 3. The van der Waals surface area contributed by atoms with Crippen molar-refractivity contribution in [2.75, 3.05) is 7.11 Å². The fourth-order valence-electron chi connectivity index (χ4n) is 2.95. The molecule has 0 aliphatic carbocycles. The summed E-state index contributed by atoms with van der Waals surface area (Å²) in [5.74, 6) is 3.67. The molecule has 0 atom stereocenters. The first-order valence-electron chi connectivity index (χ1n) is 9.89. The Labute approximate surface area is 194 Å². The number of rotatable bonds is 9. The molecule has 2 heterocycles. The number of thioether (sulfide) groups is 2. The molecule has 31 heavy (non-hydrogen) atoms. The van der Waals surface area contributed by atoms with Crippen LogP contribution in [-0.2, 0) is 11.5 Å². The lowest BCUT2D eigenvalue weighted by molar-refractivity contribution is 0.395. The van der Waals surface area contributed by atoms with E-state index in [0.29, 0.717) is 11.7 Å². The summed E-state index contributed by atoms with van der Waals surface area (Å²) in [5, 5.41) is 12.8. The molecule has 0 bridgehead atoms. The van der Waals surface area contributed by atoms with Crippen LogP contribution in [0.15, 0.2) is 67.8 Å². The van der Waals surface area contributed by atoms with Crippen LogP contribution in [0.25, 0.3) is 11.3 Å². The van der Waals surface area contributed by atoms with E-state index in [2.05, 4.69) is 53.5 Å². The molecular weight excluding hydrogens is 446 g/mol. The Balaban J connectivity index is 1.31. The summed E-state index contributed by atoms with van der Waals surface area (Å²) < 4.78 is 12.8. The quantitative estimate of drug-likeness (QED) is 0.247. The van der Waals surface area contributed by atoms with Crippen LogP contribution in [0.2, 0.25) is 0 Å². The van der Waals surface area contributed by atoms with Gasteiger partial charge in [0, 0.05) is 17.4 Å². The van der Waals surface area contributed by atoms with Crippen LogP contribution in [0.1, 0.15) is 36.7 Å². The zero-order valence-electron chi connectivity index (χ0n) is 17.6. The van der Waals surface area contributed by atoms with E-state index in [9.17, 15) is 0 Å². The highest BCUT2D eigenvalue weighted by molar-refractivity contribution is 8.02. The van der Waals surface area contributed by atoms with Gasteiger partial charge in [0.15, 0.2) is 8.68 Å². The molecule has 0 fully saturated rings. The standard InChI is InChI=1S/C23H23N3O2S3/c1-15(2)17-10-8-16(9-11-17)13-29-22-24-25-23(31-22)30-14-18-12-20(26-28-18)19-6-4-5-7-21(19)27-3/h4-12,15H,13-14H2,1-3H3. The average molecular weight is 470 g/mol. The maximum absolute atomic E-state index is 5.50. The Hall–Kier alpha value is -2.29. The van der Waals surface area contributed by atoms with E-state index in [1.54, 1.807) is 42.0 Å². The average Bonchev–Trinajstić information content (AvgIpc) is 3.46. The number of ether oxygens (including phenoxy) is 1. The van der Waals surface area contributed by atoms with Gasteiger partial charge in [-0.05, 0) is 29.2 Å². The van der Waals surface area contributed by atoms with Crippen molar-refractivity contribution >= 4 is 34.9 Å². The number of benzene rings is 2. The molecule has 5 nitrogen and oxygen atoms in total. The van der Waals surface area contributed by atoms with Crippen LogP contribution >= 0.6 is 34.9 Å². The molecule has 4 aromatic rings. The number of methoxy groups -OCH3 is 1. The van der Waals surface area contributed by atoms with Crippen LogP contribution < -0.4 is 4.74 Å². The molecule has 4 rings (SSSR count). The van der Waals surface area contributed by atoms with Gasteiger partial charge < -0.3 is 9.26 Å². The summed E-state index contributed by atoms with van der Waals surface area (Å²) in [4.78, 5) is 0. The van der Waals surface area contributed by atoms with Crippen molar-refractivity contribution in [1.82, 2.24) is 15.4 Å². The SMILES string of the molecule is COc1ccccc1-c1cc(CSc2nnc(SCc3ccc(C(C)C)cc3)s2)on1. The van der Waals surface area contributed by atoms with E-state index in [0.717, 1.165) is 37.2 Å². The van der Waals surface area contributed by atoms with Crippen molar-refractivity contribution in [3.63, 3.8) is 0 Å². The second-order valence-electron chi connectivity index (χ2n) is 7.19. The van der Waals surface area contributed by atoms with Gasteiger partial charge in [0.2, 0.25) is 0 Å². The van der Waals surface area contributed by atoms with Gasteiger partial charge in [-0.1, -0.05) is 90.3 Å². The highest BCUT2D eigenvalue weighted by atomic mass is 32.2. The lowest BCUT2D eigenvalue weighted by Gasteiger charge is -2.05. The summed E-state index contributed by atoms with van der Waals surface area (Å²) in [5.41, 5.74) is 4.35. The molecule has 0 saturated heterocycles. The van der Waals surface area contributed by atoms with Gasteiger partial charge in [-0.15, -0.1) is 10.2 Å². The number of hydrogen-bond donors (Lipinski definition) is 0. The van der Waals surface area contributed by atoms with Gasteiger partial charge in [0.25, 0.3) is 0 Å². The third-order valence-corrected chi connectivity index (χ3v) is 7.96. The van der Waals surface area contributed by atoms with Gasteiger partial charge in [-0.3, -0.25) is 0 Å². The van der Waals surface area contributed by atoms with Gasteiger partial charge in [-0.2, -0.15) is 0 Å². The van der Waals surface area contributed by atoms with Crippen molar-refractivity contribution < 1.29 is 9.26 Å². The zero-order chi connectivity index (χ0) is 21.6. The lowest BCUT2D eigenvalue weighted by atomic mass is 10.0. The minimum Gasteiger partial charge on any atom is -0.496 e. The Morgan fingerprint density at radius 1 is 0.968 bits per heavy atom. The highest BCUT2D eigenvalue weighted by Crippen LogP contribution is 2.34. The second-order valence-corrected chi connectivity index (χ2v) is 10.6. The molecule has 0 unspecified atom stereocenters. The Bertz CT molecular complexity index is 1120. The van der Waals surface area contributed by atoms with Crippen LogP contribution in [0.4, 0.5) is 0 Å². The molecule has 0 radical (unpaired) electrons. The van der Waals surface area contributed by atoms with E-state index in [-0.39, 0.29) is 0 Å². The first-order chi connectivity index (χ1) is 15.1. The molecule has 0 N–H and O–H groups in total. The Morgan fingerprint density at radius 3 is 2.39 bits per heavy atom. The van der Waals surface area contributed by atoms with Crippen molar-refractivity contribution in [1.29, 1.82) is 0 Å². The van der Waals surface area contributed by atoms with E-state index >= 15 is 0 Å². The van der Waals surface area contributed by atoms with E-state index < -0.39 is 0 Å². The third kappa shape index (κ3) is 5.70. The lowest BCUT2D eigenvalue weighted by Crippen LogP contribution is -1.87. The van der Waals surface area contributed by atoms with Crippen molar-refractivity contribution in [2.45, 2.75) is 40.0 Å². The predicted octanol–water partition coefficient (Wildman–Crippen LogP) is 6.91. The molecule has 160 valence electrons. The summed E-state index contributed by atoms with van der Waals surface area (Å²) in [6.45, 7) is 4.42. The fourth-order valence-corrected chi connectivity index (χ4v) is 5.81. The van der Waals surface area contributed by atoms with Crippen LogP contribution in [0.3, 0.4) is 0 Å². The topological polar surface area (TPSA) is 61.0 Å².